The summed E-state index contributed by atoms with van der Waals surface area (Å²) in [6, 6.07) is 3.44. The van der Waals surface area contributed by atoms with Crippen molar-refractivity contribution in [3.63, 3.8) is 0 Å². The Morgan fingerprint density at radius 2 is 2.11 bits per heavy atom. The smallest absolute Gasteiger partial charge is 0.273 e. The predicted octanol–water partition coefficient (Wildman–Crippen LogP) is 1.44. The molecule has 1 saturated heterocycles. The number of likely N-dealkylation sites (tertiary alicyclic amines) is 1. The van der Waals surface area contributed by atoms with Gasteiger partial charge in [0.15, 0.2) is 0 Å². The van der Waals surface area contributed by atoms with E-state index < -0.39 is 0 Å². The summed E-state index contributed by atoms with van der Waals surface area (Å²) in [4.78, 5) is 21.7. The third-order valence-electron chi connectivity index (χ3n) is 2.74. The van der Waals surface area contributed by atoms with E-state index in [2.05, 4.69) is 9.97 Å². The zero-order valence-corrected chi connectivity index (χ0v) is 10.3. The molecule has 18 heavy (non-hydrogen) atoms. The monoisotopic (exact) mass is 261 g/mol. The molecule has 1 fully saturated rings. The van der Waals surface area contributed by atoms with Gasteiger partial charge in [0.2, 0.25) is 0 Å². The van der Waals surface area contributed by atoms with Crippen LogP contribution in [0.2, 0.25) is 0 Å². The predicted molar refractivity (Wildman–Crippen MR) is 66.7 cm³/mol. The van der Waals surface area contributed by atoms with Crippen molar-refractivity contribution in [1.82, 2.24) is 14.9 Å². The van der Waals surface area contributed by atoms with Crippen LogP contribution in [0.3, 0.4) is 0 Å². The summed E-state index contributed by atoms with van der Waals surface area (Å²) >= 11 is 1.46. The molecule has 0 radical (unpaired) electrons. The molecule has 0 N–H and O–H groups in total. The van der Waals surface area contributed by atoms with Gasteiger partial charge in [0.05, 0.1) is 13.1 Å². The standard InChI is InChI=1S/C12H11N3O2S/c16-11(9-1-3-13-4-2-9)15-7-10(8-15)17-12-14-5-6-18-12/h1-6,10H,7-8H2. The summed E-state index contributed by atoms with van der Waals surface area (Å²) in [5.41, 5.74) is 0.665. The van der Waals surface area contributed by atoms with E-state index in [0.29, 0.717) is 23.8 Å². The lowest BCUT2D eigenvalue weighted by molar-refractivity contribution is 0.0177. The SMILES string of the molecule is O=C(c1ccncc1)N1CC(Oc2nccs2)C1. The highest BCUT2D eigenvalue weighted by atomic mass is 32.1. The molecule has 0 aromatic carbocycles. The lowest BCUT2D eigenvalue weighted by Gasteiger charge is -2.38. The number of pyridine rings is 1. The van der Waals surface area contributed by atoms with Crippen LogP contribution in [-0.2, 0) is 0 Å². The van der Waals surface area contributed by atoms with E-state index in [-0.39, 0.29) is 12.0 Å². The van der Waals surface area contributed by atoms with Crippen molar-refractivity contribution in [3.05, 3.63) is 41.7 Å². The van der Waals surface area contributed by atoms with Crippen molar-refractivity contribution in [2.45, 2.75) is 6.10 Å². The molecule has 2 aromatic heterocycles. The van der Waals surface area contributed by atoms with E-state index in [4.69, 9.17) is 4.74 Å². The van der Waals surface area contributed by atoms with Gasteiger partial charge in [-0.3, -0.25) is 9.78 Å². The lowest BCUT2D eigenvalue weighted by atomic mass is 10.1. The average Bonchev–Trinajstić information content (AvgIpc) is 2.86. The Bertz CT molecular complexity index is 524. The van der Waals surface area contributed by atoms with Crippen LogP contribution < -0.4 is 4.74 Å². The minimum Gasteiger partial charge on any atom is -0.463 e. The number of hydrogen-bond acceptors (Lipinski definition) is 5. The summed E-state index contributed by atoms with van der Waals surface area (Å²) in [6.07, 6.45) is 5.01. The van der Waals surface area contributed by atoms with Crippen LogP contribution in [0.5, 0.6) is 5.19 Å². The van der Waals surface area contributed by atoms with Gasteiger partial charge < -0.3 is 9.64 Å². The van der Waals surface area contributed by atoms with Gasteiger partial charge in [-0.25, -0.2) is 4.98 Å². The van der Waals surface area contributed by atoms with Crippen molar-refractivity contribution in [3.8, 4) is 5.19 Å². The summed E-state index contributed by atoms with van der Waals surface area (Å²) in [6.45, 7) is 1.22. The largest absolute Gasteiger partial charge is 0.463 e. The zero-order chi connectivity index (χ0) is 12.4. The van der Waals surface area contributed by atoms with Gasteiger partial charge in [-0.15, -0.1) is 0 Å². The van der Waals surface area contributed by atoms with Gasteiger partial charge in [0.25, 0.3) is 11.1 Å². The fourth-order valence-electron chi connectivity index (χ4n) is 1.77. The molecule has 0 bridgehead atoms. The van der Waals surface area contributed by atoms with Gasteiger partial charge in [-0.05, 0) is 12.1 Å². The number of hydrogen-bond donors (Lipinski definition) is 0. The molecule has 92 valence electrons. The zero-order valence-electron chi connectivity index (χ0n) is 9.52. The van der Waals surface area contributed by atoms with Crippen LogP contribution in [0.1, 0.15) is 10.4 Å². The number of carbonyl (C=O) groups is 1. The third-order valence-corrected chi connectivity index (χ3v) is 3.40. The van der Waals surface area contributed by atoms with Crippen LogP contribution in [0, 0.1) is 0 Å². The average molecular weight is 261 g/mol. The molecular weight excluding hydrogens is 250 g/mol. The Kier molecular flexibility index (Phi) is 2.93. The first-order valence-corrected chi connectivity index (χ1v) is 6.46. The molecule has 1 aliphatic rings. The normalized spacial score (nSPS) is 15.2. The minimum atomic E-state index is 0.0244. The van der Waals surface area contributed by atoms with Crippen LogP contribution >= 0.6 is 11.3 Å². The number of amides is 1. The molecule has 3 heterocycles. The fraction of sp³-hybridized carbons (Fsp3) is 0.250. The Morgan fingerprint density at radius 3 is 2.78 bits per heavy atom. The van der Waals surface area contributed by atoms with Crippen molar-refractivity contribution in [2.75, 3.05) is 13.1 Å². The Balaban J connectivity index is 1.55. The summed E-state index contributed by atoms with van der Waals surface area (Å²) < 4.78 is 5.61. The molecule has 0 atom stereocenters. The first-order valence-electron chi connectivity index (χ1n) is 5.58. The van der Waals surface area contributed by atoms with Gasteiger partial charge in [-0.2, -0.15) is 0 Å². The topological polar surface area (TPSA) is 55.3 Å². The second-order valence-electron chi connectivity index (χ2n) is 3.98. The van der Waals surface area contributed by atoms with Crippen molar-refractivity contribution in [1.29, 1.82) is 0 Å². The van der Waals surface area contributed by atoms with Crippen molar-refractivity contribution < 1.29 is 9.53 Å². The first kappa shape index (κ1) is 11.2. The molecule has 1 aliphatic heterocycles. The quantitative estimate of drug-likeness (QED) is 0.839. The van der Waals surface area contributed by atoms with Crippen LogP contribution in [0.4, 0.5) is 0 Å². The van der Waals surface area contributed by atoms with E-state index in [1.54, 1.807) is 35.6 Å². The maximum atomic E-state index is 12.0. The summed E-state index contributed by atoms with van der Waals surface area (Å²) in [5, 5.41) is 2.53. The maximum Gasteiger partial charge on any atom is 0.273 e. The fourth-order valence-corrected chi connectivity index (χ4v) is 2.32. The molecule has 6 heteroatoms. The second kappa shape index (κ2) is 4.73. The Hall–Kier alpha value is -1.95. The van der Waals surface area contributed by atoms with Gasteiger partial charge >= 0.3 is 0 Å². The molecule has 0 unspecified atom stereocenters. The highest BCUT2D eigenvalue weighted by molar-refractivity contribution is 7.11. The van der Waals surface area contributed by atoms with Gasteiger partial charge in [0.1, 0.15) is 6.10 Å². The number of thiazole rings is 1. The first-order chi connectivity index (χ1) is 8.83. The summed E-state index contributed by atoms with van der Waals surface area (Å²) in [5.74, 6) is 0.0244. The van der Waals surface area contributed by atoms with Crippen LogP contribution in [0.15, 0.2) is 36.1 Å². The second-order valence-corrected chi connectivity index (χ2v) is 4.84. The number of ether oxygens (including phenoxy) is 1. The molecule has 3 rings (SSSR count). The number of rotatable bonds is 3. The third kappa shape index (κ3) is 2.19. The maximum absolute atomic E-state index is 12.0. The number of aromatic nitrogens is 2. The number of nitrogens with zero attached hydrogens (tertiary/aromatic N) is 3. The molecule has 0 spiro atoms. The van der Waals surface area contributed by atoms with E-state index in [1.165, 1.54) is 11.3 Å². The Morgan fingerprint density at radius 1 is 1.33 bits per heavy atom. The van der Waals surface area contributed by atoms with Crippen molar-refractivity contribution >= 4 is 17.2 Å². The van der Waals surface area contributed by atoms with Crippen LogP contribution in [0.25, 0.3) is 0 Å². The van der Waals surface area contributed by atoms with Crippen molar-refractivity contribution in [2.24, 2.45) is 0 Å². The highest BCUT2D eigenvalue weighted by Gasteiger charge is 2.33. The lowest BCUT2D eigenvalue weighted by Crippen LogP contribution is -2.56. The van der Waals surface area contributed by atoms with Gasteiger partial charge in [0, 0.05) is 29.5 Å². The molecule has 0 aliphatic carbocycles. The molecule has 5 nitrogen and oxygen atoms in total. The van der Waals surface area contributed by atoms with E-state index in [1.807, 2.05) is 5.38 Å². The van der Waals surface area contributed by atoms with Gasteiger partial charge in [-0.1, -0.05) is 11.3 Å². The Labute approximate surface area is 108 Å². The van der Waals surface area contributed by atoms with Crippen LogP contribution in [-0.4, -0.2) is 40.0 Å². The molecule has 1 amide bonds. The highest BCUT2D eigenvalue weighted by Crippen LogP contribution is 2.21. The van der Waals surface area contributed by atoms with E-state index in [0.717, 1.165) is 0 Å². The van der Waals surface area contributed by atoms with E-state index in [9.17, 15) is 4.79 Å². The van der Waals surface area contributed by atoms with E-state index >= 15 is 0 Å². The molecule has 2 aromatic rings. The number of carbonyl (C=O) groups excluding carboxylic acids is 1. The summed E-state index contributed by atoms with van der Waals surface area (Å²) in [7, 11) is 0. The minimum absolute atomic E-state index is 0.0244. The molecule has 0 saturated carbocycles. The molecular formula is C12H11N3O2S.